The molecule has 8 heteroatoms. The lowest BCUT2D eigenvalue weighted by Gasteiger charge is -2.40. The molecule has 24 heavy (non-hydrogen) atoms. The Labute approximate surface area is 140 Å². The molecule has 0 aromatic carbocycles. The number of carboxylic acid groups (broad SMARTS) is 1. The average Bonchev–Trinajstić information content (AvgIpc) is 2.96. The van der Waals surface area contributed by atoms with E-state index in [4.69, 9.17) is 4.74 Å². The molecule has 0 bridgehead atoms. The van der Waals surface area contributed by atoms with Crippen molar-refractivity contribution in [1.29, 1.82) is 0 Å². The Morgan fingerprint density at radius 3 is 2.83 bits per heavy atom. The van der Waals surface area contributed by atoms with Crippen molar-refractivity contribution in [2.75, 3.05) is 24.5 Å². The summed E-state index contributed by atoms with van der Waals surface area (Å²) in [7, 11) is 0. The molecule has 1 spiro atoms. The Morgan fingerprint density at radius 2 is 2.17 bits per heavy atom. The maximum Gasteiger partial charge on any atom is 0.341 e. The molecular formula is C16H22N4O4. The highest BCUT2D eigenvalue weighted by molar-refractivity contribution is 5.92. The van der Waals surface area contributed by atoms with E-state index in [1.54, 1.807) is 0 Å². The van der Waals surface area contributed by atoms with Gasteiger partial charge in [0.2, 0.25) is 5.91 Å². The molecule has 2 aliphatic rings. The predicted molar refractivity (Wildman–Crippen MR) is 86.0 cm³/mol. The van der Waals surface area contributed by atoms with Crippen LogP contribution in [-0.4, -0.2) is 58.3 Å². The summed E-state index contributed by atoms with van der Waals surface area (Å²) in [6.45, 7) is 3.45. The zero-order valence-corrected chi connectivity index (χ0v) is 13.7. The van der Waals surface area contributed by atoms with E-state index in [1.165, 1.54) is 19.4 Å². The second-order valence-electron chi connectivity index (χ2n) is 6.45. The molecule has 0 aliphatic carbocycles. The van der Waals surface area contributed by atoms with E-state index in [-0.39, 0.29) is 23.2 Å². The third-order valence-electron chi connectivity index (χ3n) is 4.81. The molecule has 2 aliphatic heterocycles. The minimum Gasteiger partial charge on any atom is -0.477 e. The van der Waals surface area contributed by atoms with Crippen LogP contribution in [0.3, 0.4) is 0 Å². The van der Waals surface area contributed by atoms with Gasteiger partial charge in [-0.1, -0.05) is 0 Å². The van der Waals surface area contributed by atoms with E-state index in [9.17, 15) is 14.7 Å². The maximum atomic E-state index is 11.3. The molecule has 1 amide bonds. The number of aromatic carboxylic acids is 1. The second kappa shape index (κ2) is 6.72. The van der Waals surface area contributed by atoms with Gasteiger partial charge in [0, 0.05) is 32.8 Å². The fourth-order valence-corrected chi connectivity index (χ4v) is 3.52. The Balaban J connectivity index is 1.61. The monoisotopic (exact) mass is 334 g/mol. The zero-order valence-electron chi connectivity index (χ0n) is 13.7. The van der Waals surface area contributed by atoms with Gasteiger partial charge in [-0.2, -0.15) is 0 Å². The number of piperidine rings is 1. The SMILES string of the molecule is CC(=O)NC[C@H]1CCC2(CCN(c3ncncc3C(=O)O)CC2)O1. The molecule has 130 valence electrons. The number of nitrogens with zero attached hydrogens (tertiary/aromatic N) is 3. The van der Waals surface area contributed by atoms with Gasteiger partial charge in [-0.05, 0) is 25.7 Å². The quantitative estimate of drug-likeness (QED) is 0.840. The van der Waals surface area contributed by atoms with Gasteiger partial charge in [-0.15, -0.1) is 0 Å². The Morgan fingerprint density at radius 1 is 1.42 bits per heavy atom. The first-order chi connectivity index (χ1) is 11.5. The Bertz CT molecular complexity index is 628. The van der Waals surface area contributed by atoms with Gasteiger partial charge in [-0.3, -0.25) is 4.79 Å². The number of carbonyl (C=O) groups excluding carboxylic acids is 1. The van der Waals surface area contributed by atoms with Crippen LogP contribution in [-0.2, 0) is 9.53 Å². The summed E-state index contributed by atoms with van der Waals surface area (Å²) >= 11 is 0. The predicted octanol–water partition coefficient (Wildman–Crippen LogP) is 0.829. The lowest BCUT2D eigenvalue weighted by molar-refractivity contribution is -0.120. The first-order valence-corrected chi connectivity index (χ1v) is 8.20. The number of aromatic nitrogens is 2. The Kier molecular flexibility index (Phi) is 4.66. The fraction of sp³-hybridized carbons (Fsp3) is 0.625. The van der Waals surface area contributed by atoms with Gasteiger partial charge in [-0.25, -0.2) is 14.8 Å². The lowest BCUT2D eigenvalue weighted by atomic mass is 9.88. The van der Waals surface area contributed by atoms with Gasteiger partial charge >= 0.3 is 5.97 Å². The van der Waals surface area contributed by atoms with E-state index in [1.807, 2.05) is 4.90 Å². The van der Waals surface area contributed by atoms with Crippen LogP contribution in [0.4, 0.5) is 5.82 Å². The van der Waals surface area contributed by atoms with Gasteiger partial charge in [0.1, 0.15) is 17.7 Å². The van der Waals surface area contributed by atoms with Crippen LogP contribution in [0.5, 0.6) is 0 Å². The fourth-order valence-electron chi connectivity index (χ4n) is 3.52. The van der Waals surface area contributed by atoms with Crippen LogP contribution in [0.25, 0.3) is 0 Å². The van der Waals surface area contributed by atoms with Crippen molar-refractivity contribution in [2.24, 2.45) is 0 Å². The first kappa shape index (κ1) is 16.6. The Hall–Kier alpha value is -2.22. The number of amides is 1. The third-order valence-corrected chi connectivity index (χ3v) is 4.81. The van der Waals surface area contributed by atoms with Crippen molar-refractivity contribution in [3.63, 3.8) is 0 Å². The van der Waals surface area contributed by atoms with Crippen LogP contribution in [0.15, 0.2) is 12.5 Å². The van der Waals surface area contributed by atoms with Crippen LogP contribution in [0.1, 0.15) is 43.0 Å². The number of nitrogens with one attached hydrogen (secondary N) is 1. The number of hydrogen-bond acceptors (Lipinski definition) is 6. The van der Waals surface area contributed by atoms with Crippen molar-refractivity contribution in [3.8, 4) is 0 Å². The molecule has 1 aromatic heterocycles. The van der Waals surface area contributed by atoms with Crippen molar-refractivity contribution in [1.82, 2.24) is 15.3 Å². The van der Waals surface area contributed by atoms with Gasteiger partial charge in [0.15, 0.2) is 0 Å². The number of hydrogen-bond donors (Lipinski definition) is 2. The van der Waals surface area contributed by atoms with Crippen molar-refractivity contribution in [2.45, 2.75) is 44.3 Å². The molecular weight excluding hydrogens is 312 g/mol. The van der Waals surface area contributed by atoms with E-state index in [2.05, 4.69) is 15.3 Å². The summed E-state index contributed by atoms with van der Waals surface area (Å²) in [5.74, 6) is -0.585. The zero-order chi connectivity index (χ0) is 17.2. The molecule has 2 fully saturated rings. The summed E-state index contributed by atoms with van der Waals surface area (Å²) in [5.41, 5.74) is -0.0277. The van der Waals surface area contributed by atoms with Crippen LogP contribution in [0.2, 0.25) is 0 Å². The molecule has 1 aromatic rings. The summed E-state index contributed by atoms with van der Waals surface area (Å²) in [5, 5.41) is 12.1. The highest BCUT2D eigenvalue weighted by atomic mass is 16.5. The summed E-state index contributed by atoms with van der Waals surface area (Å²) < 4.78 is 6.21. The summed E-state index contributed by atoms with van der Waals surface area (Å²) in [4.78, 5) is 32.3. The highest BCUT2D eigenvalue weighted by Gasteiger charge is 2.42. The molecule has 3 rings (SSSR count). The molecule has 0 radical (unpaired) electrons. The number of carboxylic acids is 1. The number of rotatable bonds is 4. The van der Waals surface area contributed by atoms with E-state index in [0.29, 0.717) is 25.5 Å². The molecule has 8 nitrogen and oxygen atoms in total. The smallest absolute Gasteiger partial charge is 0.341 e. The maximum absolute atomic E-state index is 11.3. The second-order valence-corrected chi connectivity index (χ2v) is 6.45. The molecule has 0 saturated carbocycles. The van der Waals surface area contributed by atoms with Crippen molar-refractivity contribution >= 4 is 17.7 Å². The van der Waals surface area contributed by atoms with E-state index < -0.39 is 5.97 Å². The van der Waals surface area contributed by atoms with E-state index >= 15 is 0 Å². The number of ether oxygens (including phenoxy) is 1. The normalized spacial score (nSPS) is 22.5. The highest BCUT2D eigenvalue weighted by Crippen LogP contribution is 2.39. The standard InChI is InChI=1S/C16H22N4O4/c1-11(21)18-8-12-2-3-16(24-12)4-6-20(7-5-16)14-13(15(22)23)9-17-10-19-14/h9-10,12H,2-8H2,1H3,(H,18,21)(H,22,23)/t12-/m1/s1. The van der Waals surface area contributed by atoms with E-state index in [0.717, 1.165) is 25.7 Å². The molecule has 0 unspecified atom stereocenters. The van der Waals surface area contributed by atoms with Gasteiger partial charge in [0.25, 0.3) is 0 Å². The minimum atomic E-state index is -1.02. The molecule has 1 atom stereocenters. The van der Waals surface area contributed by atoms with Crippen LogP contribution < -0.4 is 10.2 Å². The summed E-state index contributed by atoms with van der Waals surface area (Å²) in [6, 6.07) is 0. The van der Waals surface area contributed by atoms with Crippen molar-refractivity contribution in [3.05, 3.63) is 18.1 Å². The number of carbonyl (C=O) groups is 2. The van der Waals surface area contributed by atoms with Gasteiger partial charge < -0.3 is 20.1 Å². The number of anilines is 1. The molecule has 3 heterocycles. The van der Waals surface area contributed by atoms with Crippen LogP contribution >= 0.6 is 0 Å². The van der Waals surface area contributed by atoms with Crippen LogP contribution in [0, 0.1) is 0 Å². The molecule has 2 saturated heterocycles. The minimum absolute atomic E-state index is 0.0423. The topological polar surface area (TPSA) is 105 Å². The third kappa shape index (κ3) is 3.48. The van der Waals surface area contributed by atoms with Gasteiger partial charge in [0.05, 0.1) is 11.7 Å². The first-order valence-electron chi connectivity index (χ1n) is 8.20. The average molecular weight is 334 g/mol. The largest absolute Gasteiger partial charge is 0.477 e. The van der Waals surface area contributed by atoms with Crippen molar-refractivity contribution < 1.29 is 19.4 Å². The molecule has 2 N–H and O–H groups in total. The summed E-state index contributed by atoms with van der Waals surface area (Å²) in [6.07, 6.45) is 6.34. The lowest BCUT2D eigenvalue weighted by Crippen LogP contribution is -2.45.